The van der Waals surface area contributed by atoms with E-state index in [-0.39, 0.29) is 16.7 Å². The Kier molecular flexibility index (Phi) is 5.52. The average molecular weight is 407 g/mol. The Bertz CT molecular complexity index is 1080. The number of rotatable bonds is 3. The standard InChI is InChI=1S/C31H34/c1-30(2,3)24-17-19-25-26(20-18-24)28(31(4,5)6)21-27(25)29(22-13-9-7-10-14-22)23-15-11-8-12-16-23/h7-21,29H,1-6H3. The molecule has 0 bridgehead atoms. The molecule has 31 heavy (non-hydrogen) atoms. The second-order valence-corrected chi connectivity index (χ2v) is 10.7. The van der Waals surface area contributed by atoms with Crippen molar-refractivity contribution in [1.82, 2.24) is 0 Å². The smallest absolute Gasteiger partial charge is 0.0346 e. The molecule has 2 aliphatic carbocycles. The maximum atomic E-state index is 2.46. The number of hydrogen-bond acceptors (Lipinski definition) is 0. The third kappa shape index (κ3) is 4.30. The summed E-state index contributed by atoms with van der Waals surface area (Å²) in [7, 11) is 0. The molecule has 0 heterocycles. The van der Waals surface area contributed by atoms with Crippen molar-refractivity contribution < 1.29 is 0 Å². The maximum absolute atomic E-state index is 2.46. The van der Waals surface area contributed by atoms with Crippen molar-refractivity contribution in [3.8, 4) is 11.1 Å². The molecule has 0 unspecified atom stereocenters. The molecular formula is C31H34. The van der Waals surface area contributed by atoms with Crippen LogP contribution in [0.2, 0.25) is 0 Å². The zero-order chi connectivity index (χ0) is 22.2. The van der Waals surface area contributed by atoms with Crippen LogP contribution >= 0.6 is 0 Å². The van der Waals surface area contributed by atoms with Crippen molar-refractivity contribution in [3.05, 3.63) is 119 Å². The van der Waals surface area contributed by atoms with Crippen molar-refractivity contribution in [2.75, 3.05) is 0 Å². The average Bonchev–Trinajstić information content (AvgIpc) is 2.93. The van der Waals surface area contributed by atoms with E-state index >= 15 is 0 Å². The Labute approximate surface area is 188 Å². The van der Waals surface area contributed by atoms with Gasteiger partial charge in [0.15, 0.2) is 0 Å². The third-order valence-corrected chi connectivity index (χ3v) is 6.30. The van der Waals surface area contributed by atoms with Crippen LogP contribution in [0.5, 0.6) is 0 Å². The van der Waals surface area contributed by atoms with Gasteiger partial charge in [-0.15, -0.1) is 0 Å². The predicted molar refractivity (Wildman–Crippen MR) is 134 cm³/mol. The van der Waals surface area contributed by atoms with Crippen LogP contribution in [0.1, 0.15) is 75.3 Å². The van der Waals surface area contributed by atoms with E-state index in [9.17, 15) is 0 Å². The highest BCUT2D eigenvalue weighted by molar-refractivity contribution is 5.78. The molecule has 2 aromatic carbocycles. The molecule has 2 aliphatic rings. The Morgan fingerprint density at radius 3 is 1.45 bits per heavy atom. The van der Waals surface area contributed by atoms with E-state index in [2.05, 4.69) is 133 Å². The van der Waals surface area contributed by atoms with Crippen molar-refractivity contribution in [3.63, 3.8) is 0 Å². The zero-order valence-electron chi connectivity index (χ0n) is 19.7. The summed E-state index contributed by atoms with van der Waals surface area (Å²) >= 11 is 0. The Morgan fingerprint density at radius 1 is 0.516 bits per heavy atom. The molecule has 158 valence electrons. The van der Waals surface area contributed by atoms with Crippen LogP contribution < -0.4 is 0 Å². The molecule has 0 saturated heterocycles. The second-order valence-electron chi connectivity index (χ2n) is 10.7. The van der Waals surface area contributed by atoms with Crippen LogP contribution in [0.25, 0.3) is 11.1 Å². The van der Waals surface area contributed by atoms with E-state index in [0.29, 0.717) is 0 Å². The molecule has 0 fully saturated rings. The van der Waals surface area contributed by atoms with Gasteiger partial charge in [-0.1, -0.05) is 133 Å². The Morgan fingerprint density at radius 2 is 1.00 bits per heavy atom. The van der Waals surface area contributed by atoms with Gasteiger partial charge in [-0.05, 0) is 49.8 Å². The Balaban J connectivity index is 2.03. The molecule has 4 rings (SSSR count). The predicted octanol–water partition coefficient (Wildman–Crippen LogP) is 8.57. The molecule has 2 aromatic rings. The molecule has 0 spiro atoms. The minimum atomic E-state index is 0.0741. The third-order valence-electron chi connectivity index (χ3n) is 6.30. The van der Waals surface area contributed by atoms with E-state index in [0.717, 1.165) is 0 Å². The fraction of sp³-hybridized carbons (Fsp3) is 0.290. The number of fused-ring (bicyclic) bond motifs is 1. The maximum Gasteiger partial charge on any atom is 0.0346 e. The minimum absolute atomic E-state index is 0.0741. The summed E-state index contributed by atoms with van der Waals surface area (Å²) in [5.74, 6) is 0.210. The van der Waals surface area contributed by atoms with Gasteiger partial charge in [0.05, 0.1) is 0 Å². The van der Waals surface area contributed by atoms with Crippen LogP contribution in [0.4, 0.5) is 0 Å². The minimum Gasteiger partial charge on any atom is -0.0622 e. The molecule has 0 nitrogen and oxygen atoms in total. The summed E-state index contributed by atoms with van der Waals surface area (Å²) in [6.07, 6.45) is 0. The summed E-state index contributed by atoms with van der Waals surface area (Å²) in [5.41, 5.74) is 9.78. The van der Waals surface area contributed by atoms with Crippen molar-refractivity contribution in [2.24, 2.45) is 0 Å². The molecule has 0 atom stereocenters. The fourth-order valence-electron chi connectivity index (χ4n) is 4.58. The van der Waals surface area contributed by atoms with Gasteiger partial charge in [0.1, 0.15) is 0 Å². The molecule has 0 radical (unpaired) electrons. The van der Waals surface area contributed by atoms with Crippen molar-refractivity contribution in [1.29, 1.82) is 0 Å². The van der Waals surface area contributed by atoms with E-state index in [1.54, 1.807) is 0 Å². The quantitative estimate of drug-likeness (QED) is 0.319. The lowest BCUT2D eigenvalue weighted by atomic mass is 9.84. The van der Waals surface area contributed by atoms with Gasteiger partial charge in [-0.2, -0.15) is 0 Å². The van der Waals surface area contributed by atoms with Crippen LogP contribution in [0.15, 0.2) is 91.0 Å². The SMILES string of the molecule is CC(C)(C)c1ccc2c(C(c3ccccc3)c3ccccc3)cc(C(C)(C)C)c-2cc1. The first-order chi connectivity index (χ1) is 14.7. The van der Waals surface area contributed by atoms with Crippen molar-refractivity contribution >= 4 is 0 Å². The molecule has 0 saturated carbocycles. The van der Waals surface area contributed by atoms with E-state index in [1.807, 2.05) is 0 Å². The molecule has 0 N–H and O–H groups in total. The van der Waals surface area contributed by atoms with Crippen molar-refractivity contribution in [2.45, 2.75) is 58.3 Å². The monoisotopic (exact) mass is 406 g/mol. The van der Waals surface area contributed by atoms with E-state index in [4.69, 9.17) is 0 Å². The van der Waals surface area contributed by atoms with Gasteiger partial charge in [-0.3, -0.25) is 0 Å². The highest BCUT2D eigenvalue weighted by Gasteiger charge is 2.29. The summed E-state index contributed by atoms with van der Waals surface area (Å²) in [5, 5.41) is 0. The first-order valence-corrected chi connectivity index (χ1v) is 11.3. The first kappa shape index (κ1) is 21.4. The lowest BCUT2D eigenvalue weighted by molar-refractivity contribution is 0.590. The summed E-state index contributed by atoms with van der Waals surface area (Å²) in [6.45, 7) is 13.8. The molecule has 0 heteroatoms. The van der Waals surface area contributed by atoms with Crippen LogP contribution in [-0.2, 0) is 10.8 Å². The lowest BCUT2D eigenvalue weighted by Crippen LogP contribution is -2.10. The van der Waals surface area contributed by atoms with Crippen LogP contribution in [0, 0.1) is 0 Å². The van der Waals surface area contributed by atoms with Gasteiger partial charge >= 0.3 is 0 Å². The largest absolute Gasteiger partial charge is 0.0622 e. The first-order valence-electron chi connectivity index (χ1n) is 11.3. The summed E-state index contributed by atoms with van der Waals surface area (Å²) < 4.78 is 0. The molecule has 0 aliphatic heterocycles. The van der Waals surface area contributed by atoms with Gasteiger partial charge < -0.3 is 0 Å². The topological polar surface area (TPSA) is 0 Å². The molecule has 0 amide bonds. The Hall–Kier alpha value is -2.86. The van der Waals surface area contributed by atoms with E-state index in [1.165, 1.54) is 38.9 Å². The fourth-order valence-corrected chi connectivity index (χ4v) is 4.58. The molecular weight excluding hydrogens is 372 g/mol. The second kappa shape index (κ2) is 8.00. The van der Waals surface area contributed by atoms with Gasteiger partial charge in [0, 0.05) is 5.92 Å². The highest BCUT2D eigenvalue weighted by Crippen LogP contribution is 2.45. The normalized spacial score (nSPS) is 12.5. The number of benzene rings is 2. The van der Waals surface area contributed by atoms with E-state index < -0.39 is 0 Å². The summed E-state index contributed by atoms with van der Waals surface area (Å²) in [6, 6.07) is 33.7. The van der Waals surface area contributed by atoms with Gasteiger partial charge in [-0.25, -0.2) is 0 Å². The summed E-state index contributed by atoms with van der Waals surface area (Å²) in [4.78, 5) is 0. The van der Waals surface area contributed by atoms with Crippen LogP contribution in [0.3, 0.4) is 0 Å². The molecule has 0 aromatic heterocycles. The lowest BCUT2D eigenvalue weighted by Gasteiger charge is -2.20. The highest BCUT2D eigenvalue weighted by atomic mass is 14.3. The zero-order valence-corrected chi connectivity index (χ0v) is 19.7. The number of hydrogen-bond donors (Lipinski definition) is 0. The van der Waals surface area contributed by atoms with Gasteiger partial charge in [0.25, 0.3) is 0 Å². The van der Waals surface area contributed by atoms with Gasteiger partial charge in [0.2, 0.25) is 0 Å². The van der Waals surface area contributed by atoms with Crippen LogP contribution in [-0.4, -0.2) is 0 Å².